The first-order chi connectivity index (χ1) is 8.38. The van der Waals surface area contributed by atoms with Crippen LogP contribution in [0, 0.1) is 5.92 Å². The van der Waals surface area contributed by atoms with Crippen molar-refractivity contribution in [2.45, 2.75) is 19.0 Å². The monoisotopic (exact) mass is 280 g/mol. The largest absolute Gasteiger partial charge is 0.391 e. The van der Waals surface area contributed by atoms with Crippen molar-refractivity contribution < 1.29 is 13.2 Å². The molecule has 0 atom stereocenters. The van der Waals surface area contributed by atoms with E-state index < -0.39 is 12.1 Å². The van der Waals surface area contributed by atoms with Gasteiger partial charge in [0.05, 0.1) is 12.1 Å². The number of anilines is 2. The molecule has 8 heteroatoms. The lowest BCUT2D eigenvalue weighted by molar-refractivity contribution is -0.179. The molecule has 0 aromatic carbocycles. The van der Waals surface area contributed by atoms with Gasteiger partial charge >= 0.3 is 6.18 Å². The zero-order valence-electron chi connectivity index (χ0n) is 9.41. The number of aromatic nitrogens is 2. The van der Waals surface area contributed by atoms with Crippen LogP contribution in [0.25, 0.3) is 0 Å². The molecule has 0 saturated carbocycles. The van der Waals surface area contributed by atoms with E-state index in [1.807, 2.05) is 0 Å². The number of hydrogen-bond acceptors (Lipinski definition) is 4. The third-order valence-corrected chi connectivity index (χ3v) is 3.27. The number of hydrogen-bond donors (Lipinski definition) is 1. The summed E-state index contributed by atoms with van der Waals surface area (Å²) in [7, 11) is 0. The summed E-state index contributed by atoms with van der Waals surface area (Å²) in [4.78, 5) is 9.39. The first kappa shape index (κ1) is 13.2. The van der Waals surface area contributed by atoms with Crippen LogP contribution in [0.1, 0.15) is 12.8 Å². The molecule has 1 saturated heterocycles. The molecule has 1 aliphatic rings. The van der Waals surface area contributed by atoms with E-state index in [-0.39, 0.29) is 31.9 Å². The first-order valence-corrected chi connectivity index (χ1v) is 5.85. The highest BCUT2D eigenvalue weighted by atomic mass is 35.5. The van der Waals surface area contributed by atoms with Crippen molar-refractivity contribution >= 4 is 23.4 Å². The van der Waals surface area contributed by atoms with E-state index in [0.717, 1.165) is 0 Å². The molecule has 1 fully saturated rings. The highest BCUT2D eigenvalue weighted by Crippen LogP contribution is 2.36. The van der Waals surface area contributed by atoms with Crippen molar-refractivity contribution in [1.82, 2.24) is 9.97 Å². The van der Waals surface area contributed by atoms with E-state index >= 15 is 0 Å². The van der Waals surface area contributed by atoms with Gasteiger partial charge in [-0.25, -0.2) is 4.98 Å². The van der Waals surface area contributed by atoms with Gasteiger partial charge < -0.3 is 10.6 Å². The van der Waals surface area contributed by atoms with E-state index in [2.05, 4.69) is 9.97 Å². The Morgan fingerprint density at radius 3 is 2.50 bits per heavy atom. The summed E-state index contributed by atoms with van der Waals surface area (Å²) < 4.78 is 37.6. The Kier molecular flexibility index (Phi) is 3.52. The second-order valence-electron chi connectivity index (χ2n) is 4.20. The Morgan fingerprint density at radius 1 is 1.33 bits per heavy atom. The van der Waals surface area contributed by atoms with Crippen LogP contribution >= 0.6 is 11.6 Å². The Morgan fingerprint density at radius 2 is 1.94 bits per heavy atom. The molecule has 100 valence electrons. The summed E-state index contributed by atoms with van der Waals surface area (Å²) in [5, 5.41) is 0.301. The fourth-order valence-corrected chi connectivity index (χ4v) is 2.22. The Balaban J connectivity index is 2.08. The minimum atomic E-state index is -4.12. The average Bonchev–Trinajstić information content (AvgIpc) is 2.31. The van der Waals surface area contributed by atoms with E-state index in [9.17, 15) is 13.2 Å². The summed E-state index contributed by atoms with van der Waals surface area (Å²) in [5.41, 5.74) is 5.44. The van der Waals surface area contributed by atoms with Gasteiger partial charge in [-0.2, -0.15) is 18.2 Å². The molecule has 2 rings (SSSR count). The molecule has 1 aliphatic heterocycles. The second-order valence-corrected chi connectivity index (χ2v) is 4.61. The molecule has 0 bridgehead atoms. The van der Waals surface area contributed by atoms with E-state index in [0.29, 0.717) is 10.8 Å². The highest BCUT2D eigenvalue weighted by molar-refractivity contribution is 6.32. The minimum Gasteiger partial charge on any atom is -0.368 e. The molecule has 0 amide bonds. The standard InChI is InChI=1S/C10H12ClF3N4/c11-7-5-16-9(15)17-8(7)18-3-1-6(2-4-18)10(12,13)14/h5-6H,1-4H2,(H2,15,16,17). The average molecular weight is 281 g/mol. The SMILES string of the molecule is Nc1ncc(Cl)c(N2CCC(C(F)(F)F)CC2)n1. The molecule has 4 nitrogen and oxygen atoms in total. The van der Waals surface area contributed by atoms with E-state index in [4.69, 9.17) is 17.3 Å². The van der Waals surface area contributed by atoms with Crippen LogP contribution in [0.4, 0.5) is 24.9 Å². The molecular weight excluding hydrogens is 269 g/mol. The van der Waals surface area contributed by atoms with Crippen molar-refractivity contribution in [2.75, 3.05) is 23.7 Å². The van der Waals surface area contributed by atoms with E-state index in [1.165, 1.54) is 6.20 Å². The van der Waals surface area contributed by atoms with Gasteiger partial charge in [0.25, 0.3) is 0 Å². The van der Waals surface area contributed by atoms with Crippen molar-refractivity contribution in [3.8, 4) is 0 Å². The number of nitrogens with two attached hydrogens (primary N) is 1. The van der Waals surface area contributed by atoms with Crippen molar-refractivity contribution in [3.05, 3.63) is 11.2 Å². The number of nitrogen functional groups attached to an aromatic ring is 1. The quantitative estimate of drug-likeness (QED) is 0.859. The molecule has 2 N–H and O–H groups in total. The zero-order valence-corrected chi connectivity index (χ0v) is 10.2. The van der Waals surface area contributed by atoms with E-state index in [1.54, 1.807) is 4.90 Å². The normalized spacial score (nSPS) is 18.1. The van der Waals surface area contributed by atoms with Crippen molar-refractivity contribution in [2.24, 2.45) is 5.92 Å². The third-order valence-electron chi connectivity index (χ3n) is 3.00. The lowest BCUT2D eigenvalue weighted by Crippen LogP contribution is -2.39. The predicted molar refractivity (Wildman–Crippen MR) is 62.4 cm³/mol. The number of halogens is 4. The van der Waals surface area contributed by atoms with Gasteiger partial charge in [-0.15, -0.1) is 0 Å². The van der Waals surface area contributed by atoms with Crippen LogP contribution in [0.2, 0.25) is 5.02 Å². The molecule has 0 radical (unpaired) electrons. The second kappa shape index (κ2) is 4.79. The number of rotatable bonds is 1. The van der Waals surface area contributed by atoms with Gasteiger partial charge in [-0.1, -0.05) is 11.6 Å². The van der Waals surface area contributed by atoms with Crippen molar-refractivity contribution in [3.63, 3.8) is 0 Å². The van der Waals surface area contributed by atoms with Gasteiger partial charge in [-0.3, -0.25) is 0 Å². The topological polar surface area (TPSA) is 55.0 Å². The highest BCUT2D eigenvalue weighted by Gasteiger charge is 2.41. The Hall–Kier alpha value is -1.24. The van der Waals surface area contributed by atoms with Crippen LogP contribution in [0.15, 0.2) is 6.20 Å². The third kappa shape index (κ3) is 2.77. The molecule has 18 heavy (non-hydrogen) atoms. The Labute approximate surface area is 107 Å². The number of piperidine rings is 1. The predicted octanol–water partition coefficient (Wildman–Crippen LogP) is 2.49. The Bertz CT molecular complexity index is 430. The number of nitrogens with zero attached hydrogens (tertiary/aromatic N) is 3. The first-order valence-electron chi connectivity index (χ1n) is 5.47. The lowest BCUT2D eigenvalue weighted by Gasteiger charge is -2.33. The summed E-state index contributed by atoms with van der Waals surface area (Å²) in [6.07, 6.45) is -2.68. The molecule has 2 heterocycles. The smallest absolute Gasteiger partial charge is 0.368 e. The molecule has 1 aromatic rings. The summed E-state index contributed by atoms with van der Waals surface area (Å²) in [5.74, 6) is -0.774. The van der Waals surface area contributed by atoms with Crippen LogP contribution in [0.5, 0.6) is 0 Å². The zero-order chi connectivity index (χ0) is 13.3. The van der Waals surface area contributed by atoms with Crippen molar-refractivity contribution in [1.29, 1.82) is 0 Å². The van der Waals surface area contributed by atoms with Gasteiger partial charge in [0.15, 0.2) is 5.82 Å². The maximum atomic E-state index is 12.5. The fourth-order valence-electron chi connectivity index (χ4n) is 2.01. The van der Waals surface area contributed by atoms with Gasteiger partial charge in [0.1, 0.15) is 5.02 Å². The molecular formula is C10H12ClF3N4. The lowest BCUT2D eigenvalue weighted by atomic mass is 9.96. The minimum absolute atomic E-state index is 0.0454. The van der Waals surface area contributed by atoms with Crippen LogP contribution < -0.4 is 10.6 Å². The van der Waals surface area contributed by atoms with Crippen LogP contribution in [-0.2, 0) is 0 Å². The van der Waals surface area contributed by atoms with Gasteiger partial charge in [0.2, 0.25) is 5.95 Å². The van der Waals surface area contributed by atoms with Crippen LogP contribution in [0.3, 0.4) is 0 Å². The maximum Gasteiger partial charge on any atom is 0.391 e. The summed E-state index contributed by atoms with van der Waals surface area (Å²) >= 11 is 5.91. The molecule has 0 unspecified atom stereocenters. The number of alkyl halides is 3. The van der Waals surface area contributed by atoms with Gasteiger partial charge in [-0.05, 0) is 12.8 Å². The summed E-state index contributed by atoms with van der Waals surface area (Å²) in [6, 6.07) is 0. The maximum absolute atomic E-state index is 12.5. The van der Waals surface area contributed by atoms with Crippen LogP contribution in [-0.4, -0.2) is 29.2 Å². The fraction of sp³-hybridized carbons (Fsp3) is 0.600. The summed E-state index contributed by atoms with van der Waals surface area (Å²) in [6.45, 7) is 0.528. The molecule has 0 aliphatic carbocycles. The van der Waals surface area contributed by atoms with Gasteiger partial charge in [0, 0.05) is 13.1 Å². The molecule has 1 aromatic heterocycles. The molecule has 0 spiro atoms.